The molecule has 5 heteroatoms. The summed E-state index contributed by atoms with van der Waals surface area (Å²) in [6.45, 7) is 8.79. The Morgan fingerprint density at radius 2 is 2.04 bits per heavy atom. The molecule has 1 aromatic heterocycles. The summed E-state index contributed by atoms with van der Waals surface area (Å²) in [5.41, 5.74) is 1.44. The van der Waals surface area contributed by atoms with Gasteiger partial charge in [0.25, 0.3) is 0 Å². The van der Waals surface area contributed by atoms with Gasteiger partial charge in [-0.2, -0.15) is 0 Å². The molecule has 2 aromatic rings. The Balaban J connectivity index is 1.40. The van der Waals surface area contributed by atoms with Crippen LogP contribution in [0, 0.1) is 11.8 Å². The van der Waals surface area contributed by atoms with E-state index in [-0.39, 0.29) is 12.3 Å². The second kappa shape index (κ2) is 7.79. The quantitative estimate of drug-likeness (QED) is 0.828. The van der Waals surface area contributed by atoms with Crippen LogP contribution < -0.4 is 5.32 Å². The SMILES string of the molecule is CC1CC(C)CN(CCCNC(=O)Cc2noc3ccccc23)C1. The van der Waals surface area contributed by atoms with Crippen LogP contribution in [0.2, 0.25) is 0 Å². The van der Waals surface area contributed by atoms with Crippen LogP contribution in [0.15, 0.2) is 28.8 Å². The highest BCUT2D eigenvalue weighted by Gasteiger charge is 2.21. The van der Waals surface area contributed by atoms with Crippen LogP contribution in [0.4, 0.5) is 0 Å². The molecule has 0 radical (unpaired) electrons. The predicted molar refractivity (Wildman–Crippen MR) is 94.7 cm³/mol. The van der Waals surface area contributed by atoms with E-state index in [1.54, 1.807) is 0 Å². The van der Waals surface area contributed by atoms with Crippen molar-refractivity contribution in [1.29, 1.82) is 0 Å². The minimum Gasteiger partial charge on any atom is -0.356 e. The van der Waals surface area contributed by atoms with Crippen molar-refractivity contribution in [1.82, 2.24) is 15.4 Å². The van der Waals surface area contributed by atoms with Gasteiger partial charge in [-0.15, -0.1) is 0 Å². The molecule has 0 spiro atoms. The molecule has 130 valence electrons. The first-order chi connectivity index (χ1) is 11.6. The number of aromatic nitrogens is 1. The maximum atomic E-state index is 12.1. The number of hydrogen-bond acceptors (Lipinski definition) is 4. The fraction of sp³-hybridized carbons (Fsp3) is 0.579. The molecule has 0 aliphatic carbocycles. The van der Waals surface area contributed by atoms with Gasteiger partial charge >= 0.3 is 0 Å². The normalized spacial score (nSPS) is 21.9. The lowest BCUT2D eigenvalue weighted by molar-refractivity contribution is -0.120. The Morgan fingerprint density at radius 1 is 1.29 bits per heavy atom. The largest absolute Gasteiger partial charge is 0.356 e. The van der Waals surface area contributed by atoms with Crippen molar-refractivity contribution >= 4 is 16.9 Å². The van der Waals surface area contributed by atoms with Crippen LogP contribution in [0.3, 0.4) is 0 Å². The van der Waals surface area contributed by atoms with E-state index in [0.29, 0.717) is 12.2 Å². The monoisotopic (exact) mass is 329 g/mol. The summed E-state index contributed by atoms with van der Waals surface area (Å²) in [4.78, 5) is 14.6. The molecule has 0 saturated carbocycles. The number of rotatable bonds is 6. The number of para-hydroxylation sites is 1. The number of piperidine rings is 1. The third-order valence-corrected chi connectivity index (χ3v) is 4.70. The lowest BCUT2D eigenvalue weighted by atomic mass is 9.92. The summed E-state index contributed by atoms with van der Waals surface area (Å²) in [6, 6.07) is 7.64. The first kappa shape index (κ1) is 17.0. The number of benzene rings is 1. The molecule has 0 bridgehead atoms. The third kappa shape index (κ3) is 4.35. The zero-order valence-electron chi connectivity index (χ0n) is 14.6. The van der Waals surface area contributed by atoms with Crippen LogP contribution in [-0.4, -0.2) is 42.1 Å². The van der Waals surface area contributed by atoms with Crippen LogP contribution >= 0.6 is 0 Å². The topological polar surface area (TPSA) is 58.4 Å². The Hall–Kier alpha value is -1.88. The average Bonchev–Trinajstić information content (AvgIpc) is 2.94. The number of fused-ring (bicyclic) bond motifs is 1. The molecule has 5 nitrogen and oxygen atoms in total. The van der Waals surface area contributed by atoms with Gasteiger partial charge in [0.2, 0.25) is 5.91 Å². The summed E-state index contributed by atoms with van der Waals surface area (Å²) in [7, 11) is 0. The van der Waals surface area contributed by atoms with E-state index < -0.39 is 0 Å². The number of hydrogen-bond donors (Lipinski definition) is 1. The van der Waals surface area contributed by atoms with E-state index in [1.165, 1.54) is 19.5 Å². The second-order valence-corrected chi connectivity index (χ2v) is 7.21. The Labute approximate surface area is 143 Å². The highest BCUT2D eigenvalue weighted by atomic mass is 16.5. The molecule has 2 unspecified atom stereocenters. The standard InChI is InChI=1S/C19H27N3O2/c1-14-10-15(2)13-22(12-14)9-5-8-20-19(23)11-17-16-6-3-4-7-18(16)24-21-17/h3-4,6-7,14-15H,5,8-13H2,1-2H3,(H,20,23). The van der Waals surface area contributed by atoms with Crippen molar-refractivity contribution in [2.24, 2.45) is 11.8 Å². The van der Waals surface area contributed by atoms with E-state index in [2.05, 4.69) is 29.2 Å². The van der Waals surface area contributed by atoms with Crippen molar-refractivity contribution in [3.8, 4) is 0 Å². The third-order valence-electron chi connectivity index (χ3n) is 4.70. The number of nitrogens with one attached hydrogen (secondary N) is 1. The smallest absolute Gasteiger partial charge is 0.226 e. The lowest BCUT2D eigenvalue weighted by Gasteiger charge is -2.34. The molecule has 1 aliphatic rings. The molecule has 2 atom stereocenters. The summed E-state index contributed by atoms with van der Waals surface area (Å²) in [6.07, 6.45) is 2.60. The average molecular weight is 329 g/mol. The molecule has 1 saturated heterocycles. The van der Waals surface area contributed by atoms with E-state index in [1.807, 2.05) is 24.3 Å². The Kier molecular flexibility index (Phi) is 5.51. The van der Waals surface area contributed by atoms with Gasteiger partial charge in [0, 0.05) is 25.0 Å². The number of carbonyl (C=O) groups excluding carboxylic acids is 1. The molecule has 1 aromatic carbocycles. The first-order valence-electron chi connectivity index (χ1n) is 8.94. The second-order valence-electron chi connectivity index (χ2n) is 7.21. The van der Waals surface area contributed by atoms with Gasteiger partial charge in [0.1, 0.15) is 5.69 Å². The van der Waals surface area contributed by atoms with Gasteiger partial charge in [-0.1, -0.05) is 31.1 Å². The summed E-state index contributed by atoms with van der Waals surface area (Å²) in [5, 5.41) is 7.93. The Morgan fingerprint density at radius 3 is 2.83 bits per heavy atom. The molecule has 3 rings (SSSR count). The van der Waals surface area contributed by atoms with Crippen molar-refractivity contribution in [2.45, 2.75) is 33.1 Å². The Bertz CT molecular complexity index is 672. The zero-order valence-corrected chi connectivity index (χ0v) is 14.6. The van der Waals surface area contributed by atoms with E-state index in [4.69, 9.17) is 4.52 Å². The van der Waals surface area contributed by atoms with Gasteiger partial charge in [-0.3, -0.25) is 4.79 Å². The van der Waals surface area contributed by atoms with Crippen LogP contribution in [0.25, 0.3) is 11.0 Å². The molecule has 24 heavy (non-hydrogen) atoms. The summed E-state index contributed by atoms with van der Waals surface area (Å²) in [5.74, 6) is 1.57. The summed E-state index contributed by atoms with van der Waals surface area (Å²) >= 11 is 0. The van der Waals surface area contributed by atoms with E-state index in [0.717, 1.165) is 35.8 Å². The molecular weight excluding hydrogens is 302 g/mol. The molecule has 1 amide bonds. The maximum Gasteiger partial charge on any atom is 0.226 e. The van der Waals surface area contributed by atoms with Crippen molar-refractivity contribution < 1.29 is 9.32 Å². The number of carbonyl (C=O) groups is 1. The fourth-order valence-electron chi connectivity index (χ4n) is 3.79. The lowest BCUT2D eigenvalue weighted by Crippen LogP contribution is -2.40. The molecule has 2 heterocycles. The summed E-state index contributed by atoms with van der Waals surface area (Å²) < 4.78 is 5.24. The minimum atomic E-state index is 0.00873. The van der Waals surface area contributed by atoms with E-state index in [9.17, 15) is 4.79 Å². The van der Waals surface area contributed by atoms with E-state index >= 15 is 0 Å². The van der Waals surface area contributed by atoms with Crippen molar-refractivity contribution in [3.63, 3.8) is 0 Å². The zero-order chi connectivity index (χ0) is 16.9. The van der Waals surface area contributed by atoms with Crippen molar-refractivity contribution in [2.75, 3.05) is 26.2 Å². The molecule has 1 N–H and O–H groups in total. The molecule has 1 aliphatic heterocycles. The first-order valence-corrected chi connectivity index (χ1v) is 8.94. The number of nitrogens with zero attached hydrogens (tertiary/aromatic N) is 2. The van der Waals surface area contributed by atoms with Crippen LogP contribution in [0.1, 0.15) is 32.4 Å². The van der Waals surface area contributed by atoms with Gasteiger partial charge in [0.05, 0.1) is 6.42 Å². The molecule has 1 fully saturated rings. The predicted octanol–water partition coefficient (Wildman–Crippen LogP) is 2.85. The van der Waals surface area contributed by atoms with Gasteiger partial charge < -0.3 is 14.7 Å². The highest BCUT2D eigenvalue weighted by Crippen LogP contribution is 2.21. The highest BCUT2D eigenvalue weighted by molar-refractivity contribution is 5.86. The van der Waals surface area contributed by atoms with Crippen molar-refractivity contribution in [3.05, 3.63) is 30.0 Å². The molecular formula is C19H27N3O2. The maximum absolute atomic E-state index is 12.1. The fourth-order valence-corrected chi connectivity index (χ4v) is 3.79. The number of likely N-dealkylation sites (tertiary alicyclic amines) is 1. The number of amides is 1. The van der Waals surface area contributed by atoms with Gasteiger partial charge in [-0.05, 0) is 43.4 Å². The minimum absolute atomic E-state index is 0.00873. The van der Waals surface area contributed by atoms with Gasteiger partial charge in [-0.25, -0.2) is 0 Å². The van der Waals surface area contributed by atoms with Crippen LogP contribution in [-0.2, 0) is 11.2 Å². The van der Waals surface area contributed by atoms with Crippen LogP contribution in [0.5, 0.6) is 0 Å². The van der Waals surface area contributed by atoms with Gasteiger partial charge in [0.15, 0.2) is 5.58 Å².